The topological polar surface area (TPSA) is 111 Å². The highest BCUT2D eigenvalue weighted by atomic mass is 28.4. The smallest absolute Gasteiger partial charge is 0.389 e. The van der Waals surface area contributed by atoms with E-state index in [0.29, 0.717) is 57.8 Å². The van der Waals surface area contributed by atoms with E-state index in [4.69, 9.17) is 24.6 Å². The van der Waals surface area contributed by atoms with Crippen LogP contribution in [0.4, 0.5) is 5.82 Å². The van der Waals surface area contributed by atoms with Crippen LogP contribution in [0.3, 0.4) is 0 Å². The highest BCUT2D eigenvalue weighted by Gasteiger charge is 2.52. The van der Waals surface area contributed by atoms with E-state index in [1.165, 1.54) is 7.41 Å². The van der Waals surface area contributed by atoms with E-state index in [-0.39, 0.29) is 18.4 Å². The summed E-state index contributed by atoms with van der Waals surface area (Å²) in [6, 6.07) is 0. The van der Waals surface area contributed by atoms with Crippen LogP contribution in [-0.4, -0.2) is 63.6 Å². The molecule has 1 radical (unpaired) electrons. The lowest BCUT2D eigenvalue weighted by Gasteiger charge is -2.45. The van der Waals surface area contributed by atoms with Crippen LogP contribution >= 0.6 is 0 Å². The molecule has 0 saturated carbocycles. The Morgan fingerprint density at radius 2 is 1.51 bits per heavy atom. The molecule has 1 aromatic rings. The molecule has 12 heteroatoms. The molecule has 1 aromatic heterocycles. The third-order valence-corrected chi connectivity index (χ3v) is 21.9. The van der Waals surface area contributed by atoms with Crippen LogP contribution in [0.1, 0.15) is 108 Å². The molecule has 0 bridgehead atoms. The minimum Gasteiger partial charge on any atom is -0.413 e. The minimum absolute atomic E-state index is 0.0974. The second kappa shape index (κ2) is 13.4. The minimum atomic E-state index is -2.19. The van der Waals surface area contributed by atoms with Crippen LogP contribution in [0.5, 0.6) is 0 Å². The highest BCUT2D eigenvalue weighted by Crippen LogP contribution is 2.48. The molecule has 1 fully saturated rings. The fraction of sp³-hybridized carbons (Fsp3) is 0.828. The molecule has 3 heterocycles. The van der Waals surface area contributed by atoms with Crippen LogP contribution in [0.15, 0.2) is 11.3 Å². The van der Waals surface area contributed by atoms with E-state index >= 15 is 0 Å². The van der Waals surface area contributed by atoms with Crippen molar-refractivity contribution >= 4 is 36.2 Å². The van der Waals surface area contributed by atoms with Crippen LogP contribution < -0.4 is 5.73 Å². The molecule has 2 N–H and O–H groups in total. The maximum Gasteiger partial charge on any atom is 0.389 e. The van der Waals surface area contributed by atoms with E-state index in [2.05, 4.69) is 93.1 Å². The van der Waals surface area contributed by atoms with Gasteiger partial charge in [0, 0.05) is 12.4 Å². The predicted octanol–water partition coefficient (Wildman–Crippen LogP) is 6.96. The first-order valence-corrected chi connectivity index (χ1v) is 19.8. The third kappa shape index (κ3) is 6.27. The monoisotopic (exact) mass is 601 g/mol. The summed E-state index contributed by atoms with van der Waals surface area (Å²) in [4.78, 5) is 10.8. The van der Waals surface area contributed by atoms with Gasteiger partial charge < -0.3 is 24.1 Å². The molecule has 4 atom stereocenters. The first-order valence-electron chi connectivity index (χ1n) is 15.5. The van der Waals surface area contributed by atoms with Crippen molar-refractivity contribution in [3.63, 3.8) is 0 Å². The Bertz CT molecular complexity index is 1040. The number of nitrogens with two attached hydrogens (primary N) is 1. The van der Waals surface area contributed by atoms with Crippen molar-refractivity contribution in [2.24, 2.45) is 10.7 Å². The Balaban J connectivity index is 1.99. The average Bonchev–Trinajstić information content (AvgIpc) is 3.47. The van der Waals surface area contributed by atoms with Crippen LogP contribution in [0, 0.1) is 11.2 Å². The first-order chi connectivity index (χ1) is 19.1. The summed E-state index contributed by atoms with van der Waals surface area (Å²) < 4.78 is 23.3. The van der Waals surface area contributed by atoms with Crippen molar-refractivity contribution < 1.29 is 13.6 Å². The summed E-state index contributed by atoms with van der Waals surface area (Å²) in [5.41, 5.74) is 9.88. The summed E-state index contributed by atoms with van der Waals surface area (Å²) in [5.74, 6) is 2.69. The Morgan fingerprint density at radius 1 is 0.976 bits per heavy atom. The number of ether oxygens (including phenoxy) is 1. The van der Waals surface area contributed by atoms with Gasteiger partial charge in [0.2, 0.25) is 8.32 Å². The van der Waals surface area contributed by atoms with Gasteiger partial charge in [0.1, 0.15) is 24.2 Å². The molecule has 1 saturated heterocycles. The molecular weight excluding hydrogens is 547 g/mol. The molecule has 9 nitrogen and oxygen atoms in total. The van der Waals surface area contributed by atoms with Crippen molar-refractivity contribution in [2.45, 2.75) is 147 Å². The lowest BCUT2D eigenvalue weighted by molar-refractivity contribution is -0.0401. The van der Waals surface area contributed by atoms with Gasteiger partial charge in [0.05, 0.1) is 25.4 Å². The van der Waals surface area contributed by atoms with E-state index in [0.717, 1.165) is 0 Å². The molecular formula is C29H54BN6O3Si2. The Hall–Kier alpha value is -1.49. The Morgan fingerprint density at radius 3 is 2.00 bits per heavy atom. The lowest BCUT2D eigenvalue weighted by Crippen LogP contribution is -2.53. The van der Waals surface area contributed by atoms with Gasteiger partial charge in [-0.3, -0.25) is 4.57 Å². The van der Waals surface area contributed by atoms with Crippen molar-refractivity contribution in [2.75, 3.05) is 6.61 Å². The fourth-order valence-electron chi connectivity index (χ4n) is 7.98. The molecule has 229 valence electrons. The van der Waals surface area contributed by atoms with Gasteiger partial charge in [-0.1, -0.05) is 83.1 Å². The van der Waals surface area contributed by atoms with Crippen molar-refractivity contribution in [1.29, 1.82) is 5.26 Å². The second-order valence-electron chi connectivity index (χ2n) is 13.7. The molecule has 2 aliphatic rings. The van der Waals surface area contributed by atoms with E-state index in [1.807, 2.05) is 10.5 Å². The zero-order valence-electron chi connectivity index (χ0n) is 27.5. The molecule has 41 heavy (non-hydrogen) atoms. The summed E-state index contributed by atoms with van der Waals surface area (Å²) in [7, 11) is -2.94. The van der Waals surface area contributed by atoms with Crippen molar-refractivity contribution in [1.82, 2.24) is 14.4 Å². The SMILES string of the molecule is CC(C)[Si](OC[C@H]1O[C@@H](n2cnc3c2N=CN([B]C#N)C3N)C[C@@H]1O[Si](C(C)C)(C(C)C)C(C)C)(C(C)C)C(C)C. The zero-order chi connectivity index (χ0) is 30.9. The third-order valence-electron chi connectivity index (χ3n) is 9.67. The molecule has 2 aliphatic heterocycles. The Kier molecular flexibility index (Phi) is 11.1. The maximum atomic E-state index is 9.11. The van der Waals surface area contributed by atoms with Gasteiger partial charge in [-0.25, -0.2) is 15.2 Å². The van der Waals surface area contributed by atoms with Gasteiger partial charge in [0.25, 0.3) is 0 Å². The fourth-order valence-corrected chi connectivity index (χ4v) is 19.0. The highest BCUT2D eigenvalue weighted by molar-refractivity contribution is 6.78. The summed E-state index contributed by atoms with van der Waals surface area (Å²) in [5, 5.41) is 9.11. The van der Waals surface area contributed by atoms with Gasteiger partial charge in [-0.15, -0.1) is 0 Å². The van der Waals surface area contributed by atoms with E-state index in [1.54, 1.807) is 17.5 Å². The molecule has 3 rings (SSSR count). The quantitative estimate of drug-likeness (QED) is 0.243. The van der Waals surface area contributed by atoms with Crippen molar-refractivity contribution in [3.05, 3.63) is 12.0 Å². The molecule has 0 aliphatic carbocycles. The molecule has 0 spiro atoms. The number of fused-ring (bicyclic) bond motifs is 1. The summed E-state index contributed by atoms with van der Waals surface area (Å²) in [6.45, 7) is 28.4. The Labute approximate surface area is 251 Å². The number of imidazole rings is 1. The van der Waals surface area contributed by atoms with Gasteiger partial charge >= 0.3 is 7.41 Å². The standard InChI is InChI=1S/C29H54BN6O3Si2/c1-18(2)40(19(3)4,20(5)6)37-14-25-24(39-41(21(7)8,22(9)10)23(11)12)13-26(38-25)35-16-33-27-28(32)36(30-15-31)17-34-29(27)35/h16-26,28H,13-14,32H2,1-12H3/t24-,25+,26+,28?/m0/s1. The van der Waals surface area contributed by atoms with Gasteiger partial charge in [0.15, 0.2) is 14.1 Å². The number of nitrogens with zero attached hydrogens (tertiary/aromatic N) is 5. The lowest BCUT2D eigenvalue weighted by atomic mass is 9.93. The first kappa shape index (κ1) is 34.0. The molecule has 1 unspecified atom stereocenters. The van der Waals surface area contributed by atoms with Crippen LogP contribution in [-0.2, 0) is 13.6 Å². The van der Waals surface area contributed by atoms with Crippen LogP contribution in [0.2, 0.25) is 33.2 Å². The number of nitriles is 1. The van der Waals surface area contributed by atoms with E-state index < -0.39 is 22.8 Å². The number of aromatic nitrogens is 2. The zero-order valence-corrected chi connectivity index (χ0v) is 29.5. The maximum absolute atomic E-state index is 9.11. The van der Waals surface area contributed by atoms with Crippen molar-refractivity contribution in [3.8, 4) is 5.97 Å². The molecule has 0 aromatic carbocycles. The molecule has 0 amide bonds. The number of rotatable bonds is 13. The van der Waals surface area contributed by atoms with Crippen LogP contribution in [0.25, 0.3) is 0 Å². The van der Waals surface area contributed by atoms with E-state index in [9.17, 15) is 0 Å². The normalized spacial score (nSPS) is 23.5. The largest absolute Gasteiger partial charge is 0.413 e. The number of hydrogen-bond acceptors (Lipinski definition) is 8. The van der Waals surface area contributed by atoms with Gasteiger partial charge in [-0.05, 0) is 33.2 Å². The number of aliphatic imine (C=N–C) groups is 1. The van der Waals surface area contributed by atoms with Gasteiger partial charge in [-0.2, -0.15) is 0 Å². The summed E-state index contributed by atoms with van der Waals surface area (Å²) in [6.07, 6.45) is 2.86. The average molecular weight is 602 g/mol. The predicted molar refractivity (Wildman–Crippen MR) is 172 cm³/mol. The summed E-state index contributed by atoms with van der Waals surface area (Å²) >= 11 is 0. The second-order valence-corrected chi connectivity index (χ2v) is 24.6. The number of hydrogen-bond donors (Lipinski definition) is 1.